The van der Waals surface area contributed by atoms with Crippen molar-refractivity contribution in [1.29, 1.82) is 0 Å². The van der Waals surface area contributed by atoms with Crippen LogP contribution in [0.25, 0.3) is 0 Å². The van der Waals surface area contributed by atoms with E-state index in [-0.39, 0.29) is 12.5 Å². The minimum atomic E-state index is -0.867. The molecule has 0 radical (unpaired) electrons. The maximum absolute atomic E-state index is 12.6. The van der Waals surface area contributed by atoms with Crippen LogP contribution in [0.4, 0.5) is 0 Å². The van der Waals surface area contributed by atoms with Gasteiger partial charge in [-0.25, -0.2) is 0 Å². The van der Waals surface area contributed by atoms with Crippen molar-refractivity contribution in [2.45, 2.75) is 411 Å². The summed E-state index contributed by atoms with van der Waals surface area (Å²) < 4.78 is 0. The highest BCUT2D eigenvalue weighted by molar-refractivity contribution is 5.76. The number of aliphatic hydroxyl groups is 2. The predicted octanol–water partition coefficient (Wildman–Crippen LogP) is 26.7. The molecule has 0 saturated carbocycles. The molecule has 0 aliphatic heterocycles. The summed E-state index contributed by atoms with van der Waals surface area (Å²) in [7, 11) is 0. The average Bonchev–Trinajstić information content (AvgIpc) is 3.59. The molecule has 0 aliphatic carbocycles. The molecule has 4 heteroatoms. The molecule has 2 unspecified atom stereocenters. The van der Waals surface area contributed by atoms with Crippen LogP contribution >= 0.6 is 0 Å². The number of nitrogens with one attached hydrogen (secondary N) is 1. The quantitative estimate of drug-likeness (QED) is 0.0420. The highest BCUT2D eigenvalue weighted by atomic mass is 16.3. The molecule has 2 atom stereocenters. The predicted molar refractivity (Wildman–Crippen MR) is 387 cm³/mol. The lowest BCUT2D eigenvalue weighted by Crippen LogP contribution is -2.45. The van der Waals surface area contributed by atoms with E-state index in [1.165, 1.54) is 308 Å². The van der Waals surface area contributed by atoms with Gasteiger partial charge in [0.2, 0.25) is 5.91 Å². The fraction of sp³-hybridized carbons (Fsp3) is 0.793. The van der Waals surface area contributed by atoms with Gasteiger partial charge in [0.15, 0.2) is 0 Å². The lowest BCUT2D eigenvalue weighted by atomic mass is 10.0. The van der Waals surface area contributed by atoms with Crippen LogP contribution < -0.4 is 5.32 Å². The summed E-state index contributed by atoms with van der Waals surface area (Å²) in [6.07, 6.45) is 114. The third kappa shape index (κ3) is 72.1. The molecule has 500 valence electrons. The van der Waals surface area contributed by atoms with E-state index in [2.05, 4.69) is 104 Å². The minimum Gasteiger partial charge on any atom is -0.394 e. The van der Waals surface area contributed by atoms with E-state index in [9.17, 15) is 15.0 Å². The molecule has 0 heterocycles. The number of carbonyl (C=O) groups excluding carboxylic acids is 1. The van der Waals surface area contributed by atoms with Crippen molar-refractivity contribution in [2.24, 2.45) is 0 Å². The van der Waals surface area contributed by atoms with E-state index >= 15 is 0 Å². The molecule has 0 spiro atoms. The smallest absolute Gasteiger partial charge is 0.220 e. The fourth-order valence-corrected chi connectivity index (χ4v) is 11.8. The molecule has 3 N–H and O–H groups in total. The van der Waals surface area contributed by atoms with Crippen LogP contribution in [-0.4, -0.2) is 34.9 Å². The third-order valence-electron chi connectivity index (χ3n) is 17.6. The Bertz CT molecular complexity index is 1550. The lowest BCUT2D eigenvalue weighted by molar-refractivity contribution is -0.123. The van der Waals surface area contributed by atoms with Crippen molar-refractivity contribution in [1.82, 2.24) is 5.32 Å². The van der Waals surface area contributed by atoms with Crippen LogP contribution in [-0.2, 0) is 4.79 Å². The van der Waals surface area contributed by atoms with E-state index < -0.39 is 12.1 Å². The molecular weight excluding hydrogens is 1050 g/mol. The first-order chi connectivity index (χ1) is 42.7. The summed E-state index contributed by atoms with van der Waals surface area (Å²) in [4.78, 5) is 12.6. The van der Waals surface area contributed by atoms with Gasteiger partial charge in [0.05, 0.1) is 18.8 Å². The maximum Gasteiger partial charge on any atom is 0.220 e. The molecule has 86 heavy (non-hydrogen) atoms. The number of amides is 1. The van der Waals surface area contributed by atoms with Crippen molar-refractivity contribution in [2.75, 3.05) is 6.61 Å². The lowest BCUT2D eigenvalue weighted by Gasteiger charge is -2.19. The van der Waals surface area contributed by atoms with Gasteiger partial charge in [-0.1, -0.05) is 406 Å². The summed E-state index contributed by atoms with van der Waals surface area (Å²) in [6, 6.07) is -0.644. The standard InChI is InChI=1S/C82H149NO3/c1-3-5-7-9-11-13-15-17-19-21-23-25-27-29-31-33-35-37-38-39-40-41-42-43-44-46-48-50-52-54-56-58-60-62-64-66-68-70-72-74-76-78-82(86)83-80(79-84)81(85)77-75-73-71-69-67-65-63-61-59-57-55-53-51-49-47-45-36-34-32-30-28-26-24-22-20-18-16-14-12-10-8-6-4-2/h5,7,11,13,17,19,23,25,29,31,35,37,67,69,75,77,80-81,84-85H,3-4,6,8-10,12,14-16,18,20-22,24,26-28,30,32-34,36,38-66,68,70-74,76,78-79H2,1-2H3,(H,83,86)/b7-5-,13-11-,19-17-,25-23-,31-29-,37-35-,69-67+,77-75+. The van der Waals surface area contributed by atoms with Gasteiger partial charge >= 0.3 is 0 Å². The van der Waals surface area contributed by atoms with E-state index in [1.807, 2.05) is 6.08 Å². The summed E-state index contributed by atoms with van der Waals surface area (Å²) >= 11 is 0. The second kappa shape index (κ2) is 76.6. The number of allylic oxidation sites excluding steroid dienone is 15. The molecule has 1 amide bonds. The van der Waals surface area contributed by atoms with Crippen molar-refractivity contribution in [3.05, 3.63) is 97.2 Å². The highest BCUT2D eigenvalue weighted by Gasteiger charge is 2.18. The Morgan fingerprint density at radius 1 is 0.291 bits per heavy atom. The number of hydrogen-bond acceptors (Lipinski definition) is 3. The molecule has 0 aromatic rings. The average molecular weight is 1200 g/mol. The molecule has 4 nitrogen and oxygen atoms in total. The van der Waals surface area contributed by atoms with Crippen molar-refractivity contribution >= 4 is 5.91 Å². The Morgan fingerprint density at radius 2 is 0.523 bits per heavy atom. The normalized spacial score (nSPS) is 13.2. The molecule has 0 rings (SSSR count). The molecule has 0 bridgehead atoms. The van der Waals surface area contributed by atoms with Crippen molar-refractivity contribution in [3.8, 4) is 0 Å². The van der Waals surface area contributed by atoms with Gasteiger partial charge in [-0.3, -0.25) is 4.79 Å². The highest BCUT2D eigenvalue weighted by Crippen LogP contribution is 2.19. The summed E-state index contributed by atoms with van der Waals surface area (Å²) in [5, 5.41) is 23.3. The van der Waals surface area contributed by atoms with Crippen LogP contribution in [0, 0.1) is 0 Å². The molecule has 0 aromatic heterocycles. The zero-order chi connectivity index (χ0) is 61.9. The van der Waals surface area contributed by atoms with Crippen molar-refractivity contribution in [3.63, 3.8) is 0 Å². The van der Waals surface area contributed by atoms with Crippen LogP contribution in [0.15, 0.2) is 97.2 Å². The summed E-state index contributed by atoms with van der Waals surface area (Å²) in [6.45, 7) is 4.22. The minimum absolute atomic E-state index is 0.0682. The molecule has 0 fully saturated rings. The Balaban J connectivity index is 3.45. The number of unbranched alkanes of at least 4 members (excludes halogenated alkanes) is 50. The molecular formula is C82H149NO3. The summed E-state index contributed by atoms with van der Waals surface area (Å²) in [5.74, 6) is -0.0682. The Kier molecular flexibility index (Phi) is 74.2. The maximum atomic E-state index is 12.6. The van der Waals surface area contributed by atoms with E-state index in [1.54, 1.807) is 6.08 Å². The van der Waals surface area contributed by atoms with Gasteiger partial charge in [0.25, 0.3) is 0 Å². The Labute approximate surface area is 538 Å². The fourth-order valence-electron chi connectivity index (χ4n) is 11.8. The first-order valence-corrected chi connectivity index (χ1v) is 38.5. The van der Waals surface area contributed by atoms with Crippen LogP contribution in [0.5, 0.6) is 0 Å². The Hall–Kier alpha value is -2.69. The van der Waals surface area contributed by atoms with Gasteiger partial charge in [0.1, 0.15) is 0 Å². The number of carbonyl (C=O) groups is 1. The SMILES string of the molecule is CC/C=C\C/C=C\C/C=C\C/C=C\C/C=C\C/C=C\CCCCCCCCCCCCCCCCCCCCCCCCC(=O)NC(CO)C(O)/C=C/CC/C=C/CCCCCCCCCCCCCCCCCCCCCCCCCCCCC. The first kappa shape index (κ1) is 83.3. The second-order valence-corrected chi connectivity index (χ2v) is 26.0. The summed E-state index contributed by atoms with van der Waals surface area (Å²) in [5.41, 5.74) is 0. The molecule has 0 aliphatic rings. The largest absolute Gasteiger partial charge is 0.394 e. The number of hydrogen-bond donors (Lipinski definition) is 3. The number of aliphatic hydroxyl groups excluding tert-OH is 2. The van der Waals surface area contributed by atoms with Gasteiger partial charge in [-0.05, 0) is 83.5 Å². The van der Waals surface area contributed by atoms with Crippen molar-refractivity contribution < 1.29 is 15.0 Å². The second-order valence-electron chi connectivity index (χ2n) is 26.0. The van der Waals surface area contributed by atoms with Crippen LogP contribution in [0.2, 0.25) is 0 Å². The van der Waals surface area contributed by atoms with E-state index in [4.69, 9.17) is 0 Å². The zero-order valence-corrected chi connectivity index (χ0v) is 57.8. The monoisotopic (exact) mass is 1200 g/mol. The first-order valence-electron chi connectivity index (χ1n) is 38.5. The van der Waals surface area contributed by atoms with Gasteiger partial charge in [0, 0.05) is 6.42 Å². The van der Waals surface area contributed by atoms with E-state index in [0.717, 1.165) is 70.6 Å². The molecule has 0 aromatic carbocycles. The van der Waals surface area contributed by atoms with Gasteiger partial charge in [-0.2, -0.15) is 0 Å². The van der Waals surface area contributed by atoms with Gasteiger partial charge < -0.3 is 15.5 Å². The third-order valence-corrected chi connectivity index (χ3v) is 17.6. The van der Waals surface area contributed by atoms with Crippen LogP contribution in [0.1, 0.15) is 399 Å². The Morgan fingerprint density at radius 3 is 0.814 bits per heavy atom. The molecule has 0 saturated heterocycles. The zero-order valence-electron chi connectivity index (χ0n) is 57.8. The topological polar surface area (TPSA) is 69.6 Å². The number of rotatable bonds is 71. The van der Waals surface area contributed by atoms with E-state index in [0.29, 0.717) is 6.42 Å². The van der Waals surface area contributed by atoms with Crippen LogP contribution in [0.3, 0.4) is 0 Å². The van der Waals surface area contributed by atoms with Gasteiger partial charge in [-0.15, -0.1) is 0 Å².